The number of ether oxygens (including phenoxy) is 1. The summed E-state index contributed by atoms with van der Waals surface area (Å²) in [5, 5.41) is 9.33. The van der Waals surface area contributed by atoms with Gasteiger partial charge in [-0.3, -0.25) is 0 Å². The van der Waals surface area contributed by atoms with Gasteiger partial charge >= 0.3 is 5.97 Å². The van der Waals surface area contributed by atoms with Gasteiger partial charge in [-0.2, -0.15) is 0 Å². The summed E-state index contributed by atoms with van der Waals surface area (Å²) in [4.78, 5) is 11.4. The minimum atomic E-state index is -0.911. The van der Waals surface area contributed by atoms with Gasteiger partial charge in [-0.1, -0.05) is 17.7 Å². The van der Waals surface area contributed by atoms with E-state index in [1.54, 1.807) is 13.2 Å². The van der Waals surface area contributed by atoms with E-state index < -0.39 is 5.97 Å². The maximum absolute atomic E-state index is 11.4. The highest BCUT2D eigenvalue weighted by molar-refractivity contribution is 5.96. The molecule has 0 heterocycles. The number of hydrogen-bond acceptors (Lipinski definition) is 2. The summed E-state index contributed by atoms with van der Waals surface area (Å²) in [5.74, 6) is -0.0654. The van der Waals surface area contributed by atoms with Crippen molar-refractivity contribution in [3.8, 4) is 16.9 Å². The molecule has 0 saturated carbocycles. The minimum Gasteiger partial charge on any atom is -0.496 e. The highest BCUT2D eigenvalue weighted by Gasteiger charge is 2.14. The molecule has 0 unspecified atom stereocenters. The Kier molecular flexibility index (Phi) is 3.79. The standard InChI is InChI=1S/C17H18O3/c1-10-5-6-14(17(18)19)15(7-10)13-8-11(2)16(20-4)12(3)9-13/h5-9H,1-4H3,(H,18,19). The van der Waals surface area contributed by atoms with Gasteiger partial charge in [0.1, 0.15) is 5.75 Å². The number of aryl methyl sites for hydroxylation is 3. The van der Waals surface area contributed by atoms with Crippen LogP contribution < -0.4 is 4.74 Å². The molecule has 3 heteroatoms. The molecule has 104 valence electrons. The third kappa shape index (κ3) is 2.52. The lowest BCUT2D eigenvalue weighted by Crippen LogP contribution is -2.01. The van der Waals surface area contributed by atoms with Crippen LogP contribution in [0.3, 0.4) is 0 Å². The van der Waals surface area contributed by atoms with Crippen molar-refractivity contribution in [2.24, 2.45) is 0 Å². The number of carbonyl (C=O) groups is 1. The van der Waals surface area contributed by atoms with E-state index in [1.807, 2.05) is 45.0 Å². The zero-order valence-corrected chi connectivity index (χ0v) is 12.2. The van der Waals surface area contributed by atoms with Crippen molar-refractivity contribution in [2.75, 3.05) is 7.11 Å². The van der Waals surface area contributed by atoms with Crippen LogP contribution in [0.25, 0.3) is 11.1 Å². The Bertz CT molecular complexity index is 649. The number of carboxylic acid groups (broad SMARTS) is 1. The van der Waals surface area contributed by atoms with Crippen LogP contribution in [0.15, 0.2) is 30.3 Å². The summed E-state index contributed by atoms with van der Waals surface area (Å²) in [6.07, 6.45) is 0. The maximum Gasteiger partial charge on any atom is 0.336 e. The molecule has 20 heavy (non-hydrogen) atoms. The van der Waals surface area contributed by atoms with Crippen molar-refractivity contribution in [3.63, 3.8) is 0 Å². The van der Waals surface area contributed by atoms with Crippen molar-refractivity contribution in [1.82, 2.24) is 0 Å². The second-order valence-corrected chi connectivity index (χ2v) is 5.00. The fourth-order valence-electron chi connectivity index (χ4n) is 2.51. The van der Waals surface area contributed by atoms with Gasteiger partial charge in [0.25, 0.3) is 0 Å². The minimum absolute atomic E-state index is 0.319. The fraction of sp³-hybridized carbons (Fsp3) is 0.235. The predicted octanol–water partition coefficient (Wildman–Crippen LogP) is 3.99. The average molecular weight is 270 g/mol. The van der Waals surface area contributed by atoms with Crippen LogP contribution >= 0.6 is 0 Å². The summed E-state index contributed by atoms with van der Waals surface area (Å²) in [6.45, 7) is 5.88. The Balaban J connectivity index is 2.68. The molecule has 0 fully saturated rings. The predicted molar refractivity (Wildman–Crippen MR) is 79.6 cm³/mol. The molecule has 2 aromatic carbocycles. The van der Waals surface area contributed by atoms with Crippen LogP contribution in [0.4, 0.5) is 0 Å². The van der Waals surface area contributed by atoms with Crippen LogP contribution in [-0.2, 0) is 0 Å². The third-order valence-corrected chi connectivity index (χ3v) is 3.38. The number of methoxy groups -OCH3 is 1. The second-order valence-electron chi connectivity index (χ2n) is 5.00. The first-order chi connectivity index (χ1) is 9.43. The van der Waals surface area contributed by atoms with E-state index >= 15 is 0 Å². The normalized spacial score (nSPS) is 10.4. The van der Waals surface area contributed by atoms with Gasteiger partial charge in [-0.25, -0.2) is 4.79 Å². The zero-order chi connectivity index (χ0) is 14.9. The van der Waals surface area contributed by atoms with Crippen molar-refractivity contribution in [1.29, 1.82) is 0 Å². The Morgan fingerprint density at radius 2 is 1.65 bits per heavy atom. The van der Waals surface area contributed by atoms with E-state index in [0.29, 0.717) is 5.56 Å². The van der Waals surface area contributed by atoms with Crippen LogP contribution in [-0.4, -0.2) is 18.2 Å². The molecular formula is C17H18O3. The number of rotatable bonds is 3. The van der Waals surface area contributed by atoms with E-state index in [9.17, 15) is 9.90 Å². The molecule has 0 aromatic heterocycles. The molecule has 0 bridgehead atoms. The Morgan fingerprint density at radius 3 is 2.15 bits per heavy atom. The summed E-state index contributed by atoms with van der Waals surface area (Å²) < 4.78 is 5.35. The third-order valence-electron chi connectivity index (χ3n) is 3.38. The van der Waals surface area contributed by atoms with Crippen LogP contribution in [0.1, 0.15) is 27.0 Å². The molecule has 0 aliphatic heterocycles. The molecule has 2 rings (SSSR count). The van der Waals surface area contributed by atoms with Crippen LogP contribution in [0.5, 0.6) is 5.75 Å². The van der Waals surface area contributed by atoms with Gasteiger partial charge in [0.05, 0.1) is 12.7 Å². The molecule has 1 N–H and O–H groups in total. The van der Waals surface area contributed by atoms with Crippen LogP contribution in [0.2, 0.25) is 0 Å². The lowest BCUT2D eigenvalue weighted by Gasteiger charge is -2.13. The lowest BCUT2D eigenvalue weighted by atomic mass is 9.94. The number of carboxylic acids is 1. The summed E-state index contributed by atoms with van der Waals surface area (Å²) in [5.41, 5.74) is 5.00. The second kappa shape index (κ2) is 5.37. The van der Waals surface area contributed by atoms with E-state index in [4.69, 9.17) is 4.74 Å². The largest absolute Gasteiger partial charge is 0.496 e. The molecule has 0 atom stereocenters. The summed E-state index contributed by atoms with van der Waals surface area (Å²) >= 11 is 0. The Hall–Kier alpha value is -2.29. The smallest absolute Gasteiger partial charge is 0.336 e. The molecular weight excluding hydrogens is 252 g/mol. The van der Waals surface area contributed by atoms with Gasteiger partial charge in [-0.15, -0.1) is 0 Å². The van der Waals surface area contributed by atoms with E-state index in [2.05, 4.69) is 0 Å². The molecule has 0 amide bonds. The van der Waals surface area contributed by atoms with Gasteiger partial charge in [0.15, 0.2) is 0 Å². The first-order valence-corrected chi connectivity index (χ1v) is 6.43. The number of hydrogen-bond donors (Lipinski definition) is 1. The highest BCUT2D eigenvalue weighted by atomic mass is 16.5. The van der Waals surface area contributed by atoms with E-state index in [-0.39, 0.29) is 0 Å². The average Bonchev–Trinajstić information content (AvgIpc) is 2.37. The fourth-order valence-corrected chi connectivity index (χ4v) is 2.51. The Labute approximate surface area is 118 Å². The number of benzene rings is 2. The molecule has 2 aromatic rings. The van der Waals surface area contributed by atoms with Crippen molar-refractivity contribution >= 4 is 5.97 Å². The Morgan fingerprint density at radius 1 is 1.05 bits per heavy atom. The zero-order valence-electron chi connectivity index (χ0n) is 12.2. The molecule has 0 aliphatic rings. The molecule has 0 saturated heterocycles. The molecule has 0 aliphatic carbocycles. The van der Waals surface area contributed by atoms with E-state index in [0.717, 1.165) is 33.6 Å². The van der Waals surface area contributed by atoms with Crippen molar-refractivity contribution < 1.29 is 14.6 Å². The van der Waals surface area contributed by atoms with E-state index in [1.165, 1.54) is 0 Å². The van der Waals surface area contributed by atoms with Crippen molar-refractivity contribution in [2.45, 2.75) is 20.8 Å². The molecule has 0 spiro atoms. The van der Waals surface area contributed by atoms with Gasteiger partial charge in [0, 0.05) is 0 Å². The quantitative estimate of drug-likeness (QED) is 0.917. The molecule has 3 nitrogen and oxygen atoms in total. The highest BCUT2D eigenvalue weighted by Crippen LogP contribution is 2.32. The lowest BCUT2D eigenvalue weighted by molar-refractivity contribution is 0.0697. The van der Waals surface area contributed by atoms with Crippen LogP contribution in [0, 0.1) is 20.8 Å². The monoisotopic (exact) mass is 270 g/mol. The topological polar surface area (TPSA) is 46.5 Å². The number of aromatic carboxylic acids is 1. The SMILES string of the molecule is COc1c(C)cc(-c2cc(C)ccc2C(=O)O)cc1C. The van der Waals surface area contributed by atoms with Gasteiger partial charge < -0.3 is 9.84 Å². The first kappa shape index (κ1) is 14.1. The first-order valence-electron chi connectivity index (χ1n) is 6.43. The summed E-state index contributed by atoms with van der Waals surface area (Å²) in [7, 11) is 1.64. The summed E-state index contributed by atoms with van der Waals surface area (Å²) in [6, 6.07) is 9.31. The maximum atomic E-state index is 11.4. The van der Waals surface area contributed by atoms with Gasteiger partial charge in [0.2, 0.25) is 0 Å². The van der Waals surface area contributed by atoms with Crippen molar-refractivity contribution in [3.05, 3.63) is 52.6 Å². The van der Waals surface area contributed by atoms with Gasteiger partial charge in [-0.05, 0) is 61.2 Å². The molecule has 0 radical (unpaired) electrons.